The Morgan fingerprint density at radius 1 is 1.38 bits per heavy atom. The molecule has 1 aromatic carbocycles. The average Bonchev–Trinajstić information content (AvgIpc) is 2.90. The highest BCUT2D eigenvalue weighted by Crippen LogP contribution is 2.26. The molecular weight excluding hydrogens is 377 g/mol. The zero-order chi connectivity index (χ0) is 19.3. The smallest absolute Gasteiger partial charge is 0.408 e. The van der Waals surface area contributed by atoms with Crippen molar-refractivity contribution in [3.05, 3.63) is 24.0 Å². The number of benzene rings is 1. The molecule has 142 valence electrons. The van der Waals surface area contributed by atoms with Gasteiger partial charge in [-0.25, -0.2) is 14.2 Å². The van der Waals surface area contributed by atoms with Crippen molar-refractivity contribution in [1.29, 1.82) is 0 Å². The van der Waals surface area contributed by atoms with Crippen LogP contribution in [0.25, 0.3) is 10.2 Å². The lowest BCUT2D eigenvalue weighted by Crippen LogP contribution is -2.46. The van der Waals surface area contributed by atoms with Gasteiger partial charge in [0.2, 0.25) is 5.91 Å². The fourth-order valence-corrected chi connectivity index (χ4v) is 3.46. The van der Waals surface area contributed by atoms with Gasteiger partial charge < -0.3 is 15.4 Å². The van der Waals surface area contributed by atoms with Crippen molar-refractivity contribution < 1.29 is 18.7 Å². The molecule has 26 heavy (non-hydrogen) atoms. The second kappa shape index (κ2) is 8.68. The summed E-state index contributed by atoms with van der Waals surface area (Å²) in [6.45, 7) is 5.26. The van der Waals surface area contributed by atoms with E-state index < -0.39 is 17.7 Å². The van der Waals surface area contributed by atoms with Gasteiger partial charge in [-0.1, -0.05) is 11.3 Å². The minimum absolute atomic E-state index is 0.357. The van der Waals surface area contributed by atoms with Crippen LogP contribution in [0.5, 0.6) is 0 Å². The number of hydrogen-bond acceptors (Lipinski definition) is 6. The molecule has 0 fully saturated rings. The third-order valence-corrected chi connectivity index (χ3v) is 4.78. The minimum Gasteiger partial charge on any atom is -0.444 e. The maximum Gasteiger partial charge on any atom is 0.408 e. The number of aromatic nitrogens is 1. The predicted molar refractivity (Wildman–Crippen MR) is 104 cm³/mol. The van der Waals surface area contributed by atoms with E-state index in [1.807, 2.05) is 6.26 Å². The molecule has 0 aliphatic carbocycles. The van der Waals surface area contributed by atoms with Crippen LogP contribution in [-0.2, 0) is 9.53 Å². The van der Waals surface area contributed by atoms with Crippen LogP contribution in [0.2, 0.25) is 0 Å². The number of fused-ring (bicyclic) bond motifs is 1. The van der Waals surface area contributed by atoms with Crippen LogP contribution >= 0.6 is 23.1 Å². The van der Waals surface area contributed by atoms with Gasteiger partial charge >= 0.3 is 6.09 Å². The van der Waals surface area contributed by atoms with Gasteiger partial charge in [0, 0.05) is 0 Å². The van der Waals surface area contributed by atoms with Crippen molar-refractivity contribution in [1.82, 2.24) is 10.3 Å². The van der Waals surface area contributed by atoms with Crippen molar-refractivity contribution in [3.8, 4) is 0 Å². The summed E-state index contributed by atoms with van der Waals surface area (Å²) in [6.07, 6.45) is 1.72. The highest BCUT2D eigenvalue weighted by atomic mass is 32.2. The Hall–Kier alpha value is -1.87. The lowest BCUT2D eigenvalue weighted by Gasteiger charge is -2.23. The van der Waals surface area contributed by atoms with Crippen molar-refractivity contribution in [2.75, 3.05) is 17.3 Å². The molecule has 0 saturated heterocycles. The van der Waals surface area contributed by atoms with Crippen LogP contribution in [-0.4, -0.2) is 40.6 Å². The third kappa shape index (κ3) is 6.14. The number of amides is 2. The Bertz CT molecular complexity index is 789. The molecule has 0 spiro atoms. The first-order valence-electron chi connectivity index (χ1n) is 8.03. The van der Waals surface area contributed by atoms with Gasteiger partial charge in [-0.2, -0.15) is 11.8 Å². The highest BCUT2D eigenvalue weighted by Gasteiger charge is 2.24. The lowest BCUT2D eigenvalue weighted by atomic mass is 10.2. The number of carbonyl (C=O) groups excluding carboxylic acids is 2. The van der Waals surface area contributed by atoms with E-state index in [1.165, 1.54) is 23.5 Å². The number of ether oxygens (including phenoxy) is 1. The fourth-order valence-electron chi connectivity index (χ4n) is 2.10. The molecule has 0 aliphatic heterocycles. The van der Waals surface area contributed by atoms with Gasteiger partial charge in [0.1, 0.15) is 17.5 Å². The Morgan fingerprint density at radius 3 is 2.77 bits per heavy atom. The molecular formula is C17H22FN3O3S2. The van der Waals surface area contributed by atoms with Crippen LogP contribution < -0.4 is 10.6 Å². The summed E-state index contributed by atoms with van der Waals surface area (Å²) in [6, 6.07) is 3.49. The SMILES string of the molecule is CSCCC(NC(=O)OC(C)(C)C)C(=O)Nc1nc2ccc(F)cc2s1. The van der Waals surface area contributed by atoms with E-state index in [1.54, 1.807) is 38.6 Å². The predicted octanol–water partition coefficient (Wildman–Crippen LogP) is 4.02. The van der Waals surface area contributed by atoms with E-state index in [-0.39, 0.29) is 11.7 Å². The molecule has 2 N–H and O–H groups in total. The molecule has 2 rings (SSSR count). The van der Waals surface area contributed by atoms with Crippen LogP contribution in [0.3, 0.4) is 0 Å². The molecule has 2 aromatic rings. The fraction of sp³-hybridized carbons (Fsp3) is 0.471. The van der Waals surface area contributed by atoms with Crippen molar-refractivity contribution in [3.63, 3.8) is 0 Å². The number of hydrogen-bond donors (Lipinski definition) is 2. The molecule has 9 heteroatoms. The second-order valence-electron chi connectivity index (χ2n) is 6.60. The molecule has 1 aromatic heterocycles. The topological polar surface area (TPSA) is 80.3 Å². The molecule has 0 bridgehead atoms. The van der Waals surface area contributed by atoms with Gasteiger partial charge in [-0.15, -0.1) is 0 Å². The van der Waals surface area contributed by atoms with Crippen LogP contribution in [0.1, 0.15) is 27.2 Å². The summed E-state index contributed by atoms with van der Waals surface area (Å²) >= 11 is 2.75. The molecule has 0 aliphatic rings. The monoisotopic (exact) mass is 399 g/mol. The normalized spacial score (nSPS) is 12.7. The van der Waals surface area contributed by atoms with Crippen LogP contribution in [0.15, 0.2) is 18.2 Å². The number of nitrogens with zero attached hydrogens (tertiary/aromatic N) is 1. The summed E-state index contributed by atoms with van der Waals surface area (Å²) in [5.74, 6) is -0.0493. The molecule has 6 nitrogen and oxygen atoms in total. The number of rotatable bonds is 6. The maximum absolute atomic E-state index is 13.3. The van der Waals surface area contributed by atoms with E-state index in [9.17, 15) is 14.0 Å². The summed E-state index contributed by atoms with van der Waals surface area (Å²) in [4.78, 5) is 28.8. The Balaban J connectivity index is 2.07. The first-order valence-corrected chi connectivity index (χ1v) is 10.2. The highest BCUT2D eigenvalue weighted by molar-refractivity contribution is 7.98. The number of thioether (sulfide) groups is 1. The van der Waals surface area contributed by atoms with Crippen LogP contribution in [0, 0.1) is 5.82 Å². The third-order valence-electron chi connectivity index (χ3n) is 3.20. The molecule has 0 saturated carbocycles. The second-order valence-corrected chi connectivity index (χ2v) is 8.62. The number of thiazole rings is 1. The first-order chi connectivity index (χ1) is 12.2. The van der Waals surface area contributed by atoms with E-state index in [0.29, 0.717) is 27.5 Å². The maximum atomic E-state index is 13.3. The van der Waals surface area contributed by atoms with E-state index in [0.717, 1.165) is 0 Å². The number of halogens is 1. The van der Waals surface area contributed by atoms with Gasteiger partial charge in [-0.05, 0) is 57.4 Å². The summed E-state index contributed by atoms with van der Waals surface area (Å²) in [5.41, 5.74) is -0.0469. The van der Waals surface area contributed by atoms with Crippen molar-refractivity contribution >= 4 is 50.4 Å². The zero-order valence-electron chi connectivity index (χ0n) is 15.1. The number of carbonyl (C=O) groups is 2. The van der Waals surface area contributed by atoms with Gasteiger partial charge in [0.15, 0.2) is 5.13 Å². The molecule has 1 unspecified atom stereocenters. The molecule has 1 atom stereocenters. The molecule has 1 heterocycles. The van der Waals surface area contributed by atoms with Gasteiger partial charge in [-0.3, -0.25) is 4.79 Å². The van der Waals surface area contributed by atoms with E-state index in [4.69, 9.17) is 4.74 Å². The summed E-state index contributed by atoms with van der Waals surface area (Å²) in [5, 5.41) is 5.65. The van der Waals surface area contributed by atoms with Gasteiger partial charge in [0.25, 0.3) is 0 Å². The van der Waals surface area contributed by atoms with Gasteiger partial charge in [0.05, 0.1) is 10.2 Å². The number of anilines is 1. The quantitative estimate of drug-likeness (QED) is 0.767. The number of nitrogens with one attached hydrogen (secondary N) is 2. The zero-order valence-corrected chi connectivity index (χ0v) is 16.7. The average molecular weight is 400 g/mol. The molecule has 0 radical (unpaired) electrons. The van der Waals surface area contributed by atoms with Crippen LogP contribution in [0.4, 0.5) is 14.3 Å². The molecule has 2 amide bonds. The Kier molecular flexibility index (Phi) is 6.82. The van der Waals surface area contributed by atoms with Crippen molar-refractivity contribution in [2.45, 2.75) is 38.8 Å². The standard InChI is InChI=1S/C17H22FN3O3S2/c1-17(2,3)24-16(23)20-12(7-8-25-4)14(22)21-15-19-11-6-5-10(18)9-13(11)26-15/h5-6,9,12H,7-8H2,1-4H3,(H,20,23)(H,19,21,22). The van der Waals surface area contributed by atoms with E-state index >= 15 is 0 Å². The van der Waals surface area contributed by atoms with E-state index in [2.05, 4.69) is 15.6 Å². The number of alkyl carbamates (subject to hydrolysis) is 1. The summed E-state index contributed by atoms with van der Waals surface area (Å²) in [7, 11) is 0. The lowest BCUT2D eigenvalue weighted by molar-refractivity contribution is -0.118. The largest absolute Gasteiger partial charge is 0.444 e. The first kappa shape index (κ1) is 20.4. The Morgan fingerprint density at radius 2 is 2.12 bits per heavy atom. The minimum atomic E-state index is -0.749. The Labute approximate surface area is 159 Å². The van der Waals surface area contributed by atoms with Crippen molar-refractivity contribution in [2.24, 2.45) is 0 Å². The summed E-state index contributed by atoms with van der Waals surface area (Å²) < 4.78 is 19.1.